The van der Waals surface area contributed by atoms with Gasteiger partial charge in [0.25, 0.3) is 11.8 Å². The number of halogens is 1. The van der Waals surface area contributed by atoms with E-state index in [2.05, 4.69) is 25.8 Å². The molecule has 4 heterocycles. The smallest absolute Gasteiger partial charge is 0.410 e. The van der Waals surface area contributed by atoms with Crippen molar-refractivity contribution in [1.82, 2.24) is 30.7 Å². The van der Waals surface area contributed by atoms with E-state index in [4.69, 9.17) is 4.74 Å². The third kappa shape index (κ3) is 6.33. The molecule has 0 bridgehead atoms. The van der Waals surface area contributed by atoms with Crippen LogP contribution in [-0.2, 0) is 22.5 Å². The molecule has 1 aliphatic carbocycles. The highest BCUT2D eigenvalue weighted by atomic mass is 32.1. The number of fused-ring (bicyclic) bond motifs is 2. The molecule has 0 radical (unpaired) electrons. The topological polar surface area (TPSA) is 116 Å². The number of thiazole rings is 1. The third-order valence-corrected chi connectivity index (χ3v) is 8.25. The molecule has 0 aromatic carbocycles. The van der Waals surface area contributed by atoms with Crippen LogP contribution in [-0.4, -0.2) is 83.1 Å². The lowest BCUT2D eigenvalue weighted by Gasteiger charge is -2.39. The molecule has 4 atom stereocenters. The molecular formula is C27H35FN6O4S. The summed E-state index contributed by atoms with van der Waals surface area (Å²) >= 11 is 1.38. The molecule has 0 spiro atoms. The van der Waals surface area contributed by atoms with Crippen LogP contribution in [0.25, 0.3) is 0 Å². The summed E-state index contributed by atoms with van der Waals surface area (Å²) in [5.74, 6) is -1.24. The summed E-state index contributed by atoms with van der Waals surface area (Å²) in [7, 11) is 2.04. The average Bonchev–Trinajstić information content (AvgIpc) is 3.47. The fourth-order valence-electron chi connectivity index (χ4n) is 5.18. The summed E-state index contributed by atoms with van der Waals surface area (Å²) in [6, 6.07) is -1.17. The quantitative estimate of drug-likeness (QED) is 0.519. The van der Waals surface area contributed by atoms with Crippen molar-refractivity contribution in [2.45, 2.75) is 63.9 Å². The highest BCUT2D eigenvalue weighted by molar-refractivity contribution is 7.13. The van der Waals surface area contributed by atoms with E-state index >= 15 is 0 Å². The van der Waals surface area contributed by atoms with Crippen molar-refractivity contribution >= 4 is 29.2 Å². The summed E-state index contributed by atoms with van der Waals surface area (Å²) in [5.41, 5.74) is 0.651. The SMILES string of the molecule is CN1CCc2nc(C(=O)N[C@@H]3CN(C(=O)OC(C)(C)C)CC[C@@H]3NC(=O)C3=CC4C=C(F)C=CC4N3)sc2C1. The van der Waals surface area contributed by atoms with E-state index in [9.17, 15) is 18.8 Å². The number of ether oxygens (including phenoxy) is 1. The van der Waals surface area contributed by atoms with E-state index in [0.29, 0.717) is 23.7 Å². The van der Waals surface area contributed by atoms with Crippen molar-refractivity contribution in [1.29, 1.82) is 0 Å². The summed E-state index contributed by atoms with van der Waals surface area (Å²) in [6.45, 7) is 7.59. The molecule has 3 N–H and O–H groups in total. The maximum Gasteiger partial charge on any atom is 0.410 e. The minimum atomic E-state index is -0.659. The molecule has 3 amide bonds. The molecule has 5 rings (SSSR count). The summed E-state index contributed by atoms with van der Waals surface area (Å²) in [4.78, 5) is 48.7. The molecule has 2 unspecified atom stereocenters. The molecule has 1 aromatic rings. The minimum absolute atomic E-state index is 0.174. The third-order valence-electron chi connectivity index (χ3n) is 7.17. The molecule has 1 aromatic heterocycles. The lowest BCUT2D eigenvalue weighted by molar-refractivity contribution is -0.119. The Kier molecular flexibility index (Phi) is 7.51. The molecule has 10 nitrogen and oxygen atoms in total. The fourth-order valence-corrected chi connectivity index (χ4v) is 6.28. The van der Waals surface area contributed by atoms with Gasteiger partial charge in [0.15, 0.2) is 5.01 Å². The van der Waals surface area contributed by atoms with Gasteiger partial charge in [0.1, 0.15) is 11.4 Å². The number of nitrogens with zero attached hydrogens (tertiary/aromatic N) is 3. The maximum atomic E-state index is 13.7. The van der Waals surface area contributed by atoms with Gasteiger partial charge >= 0.3 is 6.09 Å². The highest BCUT2D eigenvalue weighted by Gasteiger charge is 2.37. The van der Waals surface area contributed by atoms with Crippen LogP contribution in [0.15, 0.2) is 35.8 Å². The van der Waals surface area contributed by atoms with E-state index in [-0.39, 0.29) is 36.1 Å². The molecule has 3 aliphatic heterocycles. The second-order valence-corrected chi connectivity index (χ2v) is 12.6. The van der Waals surface area contributed by atoms with Gasteiger partial charge in [-0.15, -0.1) is 11.3 Å². The lowest BCUT2D eigenvalue weighted by Crippen LogP contribution is -2.62. The maximum absolute atomic E-state index is 13.7. The predicted octanol–water partition coefficient (Wildman–Crippen LogP) is 2.25. The number of nitrogens with one attached hydrogen (secondary N) is 3. The number of hydrogen-bond donors (Lipinski definition) is 3. The number of allylic oxidation sites excluding steroid dienone is 2. The van der Waals surface area contributed by atoms with Gasteiger partial charge in [-0.2, -0.15) is 0 Å². The Morgan fingerprint density at radius 2 is 1.92 bits per heavy atom. The van der Waals surface area contributed by atoms with Crippen molar-refractivity contribution < 1.29 is 23.5 Å². The van der Waals surface area contributed by atoms with Crippen molar-refractivity contribution in [3.63, 3.8) is 0 Å². The minimum Gasteiger partial charge on any atom is -0.444 e. The number of hydrogen-bond acceptors (Lipinski definition) is 8. The Hall–Kier alpha value is -3.25. The second kappa shape index (κ2) is 10.7. The van der Waals surface area contributed by atoms with Crippen LogP contribution in [0.1, 0.15) is 47.6 Å². The first-order valence-corrected chi connectivity index (χ1v) is 14.1. The Bertz CT molecular complexity index is 1250. The number of carbonyl (C=O) groups is 3. The van der Waals surface area contributed by atoms with Crippen LogP contribution in [0.2, 0.25) is 0 Å². The van der Waals surface area contributed by atoms with Gasteiger partial charge in [-0.25, -0.2) is 14.2 Å². The molecule has 0 saturated carbocycles. The number of piperidine rings is 1. The average molecular weight is 559 g/mol. The van der Waals surface area contributed by atoms with Crippen molar-refractivity contribution in [2.75, 3.05) is 26.7 Å². The Morgan fingerprint density at radius 3 is 2.69 bits per heavy atom. The number of rotatable bonds is 4. The first kappa shape index (κ1) is 27.3. The number of likely N-dealkylation sites (N-methyl/N-ethyl adjacent to an activating group) is 1. The first-order chi connectivity index (χ1) is 18.4. The van der Waals surface area contributed by atoms with Crippen LogP contribution in [0, 0.1) is 5.92 Å². The lowest BCUT2D eigenvalue weighted by atomic mass is 9.97. The standard InChI is InChI=1S/C27H35FN6O4S/c1-27(2,3)38-26(37)34-10-8-18(30-23(35)20-12-15-11-16(28)5-6-17(15)29-20)21(13-34)31-24(36)25-32-19-7-9-33(4)14-22(19)39-25/h5-6,11-12,15,17-18,21,29H,7-10,13-14H2,1-4H3,(H,30,35)(H,31,36)/t15?,17?,18-,21+/m0/s1. The predicted molar refractivity (Wildman–Crippen MR) is 145 cm³/mol. The molecule has 4 aliphatic rings. The normalized spacial score (nSPS) is 26.5. The van der Waals surface area contributed by atoms with E-state index < -0.39 is 23.8 Å². The van der Waals surface area contributed by atoms with E-state index in [1.807, 2.05) is 7.05 Å². The first-order valence-electron chi connectivity index (χ1n) is 13.3. The van der Waals surface area contributed by atoms with Crippen LogP contribution in [0.5, 0.6) is 0 Å². The summed E-state index contributed by atoms with van der Waals surface area (Å²) < 4.78 is 19.2. The fraction of sp³-hybridized carbons (Fsp3) is 0.556. The Balaban J connectivity index is 1.30. The molecule has 39 heavy (non-hydrogen) atoms. The summed E-state index contributed by atoms with van der Waals surface area (Å²) in [6.07, 6.45) is 7.02. The van der Waals surface area contributed by atoms with Gasteiger partial charge in [0.2, 0.25) is 0 Å². The van der Waals surface area contributed by atoms with Crippen molar-refractivity contribution in [3.05, 3.63) is 51.4 Å². The number of aromatic nitrogens is 1. The Morgan fingerprint density at radius 1 is 1.15 bits per heavy atom. The zero-order valence-corrected chi connectivity index (χ0v) is 23.4. The van der Waals surface area contributed by atoms with E-state index in [0.717, 1.165) is 30.1 Å². The molecule has 1 saturated heterocycles. The number of carbonyl (C=O) groups excluding carboxylic acids is 3. The monoisotopic (exact) mass is 558 g/mol. The summed E-state index contributed by atoms with van der Waals surface area (Å²) in [5, 5.41) is 9.56. The largest absolute Gasteiger partial charge is 0.444 e. The van der Waals surface area contributed by atoms with Crippen LogP contribution >= 0.6 is 11.3 Å². The zero-order valence-electron chi connectivity index (χ0n) is 22.6. The zero-order chi connectivity index (χ0) is 27.9. The Labute approximate surface area is 231 Å². The van der Waals surface area contributed by atoms with Crippen molar-refractivity contribution in [2.24, 2.45) is 5.92 Å². The van der Waals surface area contributed by atoms with Gasteiger partial charge in [0, 0.05) is 43.4 Å². The van der Waals surface area contributed by atoms with Crippen LogP contribution < -0.4 is 16.0 Å². The molecule has 12 heteroatoms. The van der Waals surface area contributed by atoms with E-state index in [1.54, 1.807) is 37.8 Å². The van der Waals surface area contributed by atoms with Crippen LogP contribution in [0.3, 0.4) is 0 Å². The van der Waals surface area contributed by atoms with Crippen molar-refractivity contribution in [3.8, 4) is 0 Å². The molecular weight excluding hydrogens is 523 g/mol. The van der Waals surface area contributed by atoms with Gasteiger partial charge in [0.05, 0.1) is 29.5 Å². The number of amides is 3. The van der Waals surface area contributed by atoms with Gasteiger partial charge in [-0.05, 0) is 52.5 Å². The molecule has 1 fully saturated rings. The second-order valence-electron chi connectivity index (χ2n) is 11.5. The highest BCUT2D eigenvalue weighted by Crippen LogP contribution is 2.27. The van der Waals surface area contributed by atoms with E-state index in [1.165, 1.54) is 23.5 Å². The number of likely N-dealkylation sites (tertiary alicyclic amines) is 1. The van der Waals surface area contributed by atoms with Gasteiger partial charge < -0.3 is 30.5 Å². The molecule has 210 valence electrons. The van der Waals surface area contributed by atoms with Crippen LogP contribution in [0.4, 0.5) is 9.18 Å². The van der Waals surface area contributed by atoms with Gasteiger partial charge in [-0.1, -0.05) is 6.08 Å². The van der Waals surface area contributed by atoms with Gasteiger partial charge in [-0.3, -0.25) is 9.59 Å².